The van der Waals surface area contributed by atoms with Crippen molar-refractivity contribution in [3.8, 4) is 0 Å². The lowest BCUT2D eigenvalue weighted by Gasteiger charge is -2.20. The normalized spacial score (nSPS) is 28.2. The fraction of sp³-hybridized carbons (Fsp3) is 0.529. The first-order valence-electron chi connectivity index (χ1n) is 7.99. The maximum absolute atomic E-state index is 6.03. The minimum atomic E-state index is 0.148. The molecule has 0 spiro atoms. The van der Waals surface area contributed by atoms with Gasteiger partial charge >= 0.3 is 0 Å². The fourth-order valence-corrected chi connectivity index (χ4v) is 3.18. The van der Waals surface area contributed by atoms with E-state index in [-0.39, 0.29) is 6.04 Å². The van der Waals surface area contributed by atoms with Crippen LogP contribution >= 0.6 is 0 Å². The van der Waals surface area contributed by atoms with Crippen LogP contribution in [0.1, 0.15) is 38.5 Å². The molecule has 21 heavy (non-hydrogen) atoms. The Labute approximate surface area is 126 Å². The summed E-state index contributed by atoms with van der Waals surface area (Å²) < 4.78 is 0. The fourth-order valence-electron chi connectivity index (χ4n) is 3.18. The quantitative estimate of drug-likeness (QED) is 0.819. The molecule has 3 rings (SSSR count). The van der Waals surface area contributed by atoms with E-state index in [0.717, 1.165) is 6.54 Å². The van der Waals surface area contributed by atoms with Crippen LogP contribution in [0.5, 0.6) is 0 Å². The summed E-state index contributed by atoms with van der Waals surface area (Å²) >= 11 is 0. The monoisotopic (exact) mass is 284 g/mol. The summed E-state index contributed by atoms with van der Waals surface area (Å²) in [4.78, 5) is 9.15. The van der Waals surface area contributed by atoms with Crippen molar-refractivity contribution in [3.05, 3.63) is 36.0 Å². The van der Waals surface area contributed by atoms with Crippen LogP contribution in [0, 0.1) is 5.92 Å². The van der Waals surface area contributed by atoms with E-state index in [4.69, 9.17) is 10.7 Å². The van der Waals surface area contributed by atoms with Crippen LogP contribution in [0.25, 0.3) is 0 Å². The molecule has 4 heteroatoms. The molecular formula is C17H24N4. The average molecular weight is 284 g/mol. The number of hydrogen-bond donors (Lipinski definition) is 2. The van der Waals surface area contributed by atoms with Crippen LogP contribution in [0.4, 0.5) is 0 Å². The Morgan fingerprint density at radius 3 is 2.90 bits per heavy atom. The second-order valence-corrected chi connectivity index (χ2v) is 6.08. The van der Waals surface area contributed by atoms with Gasteiger partial charge in [0.05, 0.1) is 6.04 Å². The Kier molecular flexibility index (Phi) is 4.53. The second-order valence-electron chi connectivity index (χ2n) is 6.08. The summed E-state index contributed by atoms with van der Waals surface area (Å²) in [5, 5.41) is 3.42. The van der Waals surface area contributed by atoms with E-state index in [1.54, 1.807) is 0 Å². The van der Waals surface area contributed by atoms with Gasteiger partial charge in [-0.25, -0.2) is 4.99 Å². The molecule has 0 amide bonds. The zero-order valence-electron chi connectivity index (χ0n) is 12.5. The third kappa shape index (κ3) is 3.84. The molecule has 0 aromatic rings. The highest BCUT2D eigenvalue weighted by Gasteiger charge is 2.19. The summed E-state index contributed by atoms with van der Waals surface area (Å²) in [5.74, 6) is 2.05. The Balaban J connectivity index is 1.71. The first-order valence-corrected chi connectivity index (χ1v) is 7.99. The van der Waals surface area contributed by atoms with Crippen molar-refractivity contribution < 1.29 is 0 Å². The molecule has 1 fully saturated rings. The molecule has 1 unspecified atom stereocenters. The third-order valence-electron chi connectivity index (χ3n) is 4.38. The first-order chi connectivity index (χ1) is 10.3. The first kappa shape index (κ1) is 14.1. The molecular weight excluding hydrogens is 260 g/mol. The van der Waals surface area contributed by atoms with Gasteiger partial charge in [-0.05, 0) is 24.3 Å². The van der Waals surface area contributed by atoms with Crippen LogP contribution in [-0.4, -0.2) is 24.4 Å². The number of nitrogens with one attached hydrogen (secondary N) is 1. The van der Waals surface area contributed by atoms with Crippen LogP contribution in [0.2, 0.25) is 0 Å². The Bertz CT molecular complexity index is 519. The van der Waals surface area contributed by atoms with Crippen molar-refractivity contribution in [1.82, 2.24) is 5.32 Å². The van der Waals surface area contributed by atoms with Gasteiger partial charge in [-0.3, -0.25) is 4.99 Å². The van der Waals surface area contributed by atoms with Gasteiger partial charge in [0.25, 0.3) is 0 Å². The number of amidine groups is 1. The van der Waals surface area contributed by atoms with Crippen molar-refractivity contribution in [2.45, 2.75) is 44.6 Å². The summed E-state index contributed by atoms with van der Waals surface area (Å²) in [6, 6.07) is 0.148. The number of aliphatic imine (C=N–C) groups is 2. The van der Waals surface area contributed by atoms with Crippen molar-refractivity contribution >= 4 is 11.8 Å². The second kappa shape index (κ2) is 6.74. The lowest BCUT2D eigenvalue weighted by atomic mass is 9.89. The zero-order valence-corrected chi connectivity index (χ0v) is 12.5. The molecule has 3 N–H and O–H groups in total. The van der Waals surface area contributed by atoms with E-state index in [9.17, 15) is 0 Å². The standard InChI is InChI=1S/C17H24N4/c18-16-11-14-9-5-2-6-10-15(14)20-17(21-16)19-12-13-7-3-1-4-8-13/h2,5-6,9-10,13,15H,1,3-4,7-8,11-12H2,(H3,18,19,20,21). The smallest absolute Gasteiger partial charge is 0.220 e. The molecule has 112 valence electrons. The van der Waals surface area contributed by atoms with Gasteiger partial charge in [0, 0.05) is 13.0 Å². The number of nitrogens with two attached hydrogens (primary N) is 1. The molecule has 1 heterocycles. The van der Waals surface area contributed by atoms with Crippen molar-refractivity contribution in [2.75, 3.05) is 6.54 Å². The van der Waals surface area contributed by atoms with Gasteiger partial charge in [0.2, 0.25) is 5.96 Å². The Hall–Kier alpha value is -1.84. The molecule has 0 radical (unpaired) electrons. The number of hydrogen-bond acceptors (Lipinski definition) is 2. The van der Waals surface area contributed by atoms with Crippen LogP contribution < -0.4 is 11.1 Å². The molecule has 2 aliphatic carbocycles. The minimum Gasteiger partial charge on any atom is -0.387 e. The highest BCUT2D eigenvalue weighted by Crippen LogP contribution is 2.24. The summed E-state index contributed by atoms with van der Waals surface area (Å²) in [6.07, 6.45) is 17.8. The zero-order chi connectivity index (χ0) is 14.5. The van der Waals surface area contributed by atoms with E-state index in [0.29, 0.717) is 24.1 Å². The SMILES string of the molecule is NC1=NC(=NCC2CCCCC2)NC2C=CC=CC=C2C1. The minimum absolute atomic E-state index is 0.148. The van der Waals surface area contributed by atoms with Gasteiger partial charge in [0.1, 0.15) is 5.84 Å². The predicted molar refractivity (Wildman–Crippen MR) is 88.4 cm³/mol. The lowest BCUT2D eigenvalue weighted by Crippen LogP contribution is -2.32. The number of guanidine groups is 1. The maximum Gasteiger partial charge on any atom is 0.220 e. The van der Waals surface area contributed by atoms with Gasteiger partial charge in [-0.1, -0.05) is 49.6 Å². The molecule has 1 aliphatic heterocycles. The van der Waals surface area contributed by atoms with E-state index in [2.05, 4.69) is 28.5 Å². The molecule has 1 atom stereocenters. The summed E-state index contributed by atoms with van der Waals surface area (Å²) in [5.41, 5.74) is 7.27. The van der Waals surface area contributed by atoms with E-state index < -0.39 is 0 Å². The third-order valence-corrected chi connectivity index (χ3v) is 4.38. The van der Waals surface area contributed by atoms with E-state index in [1.807, 2.05) is 12.2 Å². The Morgan fingerprint density at radius 1 is 1.19 bits per heavy atom. The van der Waals surface area contributed by atoms with Crippen molar-refractivity contribution in [3.63, 3.8) is 0 Å². The number of allylic oxidation sites excluding steroid dienone is 4. The van der Waals surface area contributed by atoms with Gasteiger partial charge in [-0.2, -0.15) is 0 Å². The summed E-state index contributed by atoms with van der Waals surface area (Å²) in [7, 11) is 0. The molecule has 0 aromatic heterocycles. The van der Waals surface area contributed by atoms with Crippen molar-refractivity contribution in [1.29, 1.82) is 0 Å². The summed E-state index contributed by atoms with van der Waals surface area (Å²) in [6.45, 7) is 0.868. The molecule has 0 saturated heterocycles. The number of rotatable bonds is 2. The predicted octanol–water partition coefficient (Wildman–Crippen LogP) is 2.69. The lowest BCUT2D eigenvalue weighted by molar-refractivity contribution is 0.366. The van der Waals surface area contributed by atoms with E-state index >= 15 is 0 Å². The van der Waals surface area contributed by atoms with Gasteiger partial charge in [-0.15, -0.1) is 0 Å². The van der Waals surface area contributed by atoms with Crippen LogP contribution in [-0.2, 0) is 0 Å². The van der Waals surface area contributed by atoms with Gasteiger partial charge in [0.15, 0.2) is 0 Å². The highest BCUT2D eigenvalue weighted by molar-refractivity contribution is 5.98. The van der Waals surface area contributed by atoms with E-state index in [1.165, 1.54) is 37.7 Å². The van der Waals surface area contributed by atoms with Crippen molar-refractivity contribution in [2.24, 2.45) is 21.6 Å². The number of nitrogens with zero attached hydrogens (tertiary/aromatic N) is 2. The molecule has 4 nitrogen and oxygen atoms in total. The molecule has 1 saturated carbocycles. The van der Waals surface area contributed by atoms with Crippen LogP contribution in [0.3, 0.4) is 0 Å². The topological polar surface area (TPSA) is 62.8 Å². The Morgan fingerprint density at radius 2 is 2.05 bits per heavy atom. The highest BCUT2D eigenvalue weighted by atomic mass is 15.2. The molecule has 0 aromatic carbocycles. The maximum atomic E-state index is 6.03. The molecule has 0 bridgehead atoms. The molecule has 3 aliphatic rings. The average Bonchev–Trinajstić information content (AvgIpc) is 2.79. The number of fused-ring (bicyclic) bond motifs is 1. The largest absolute Gasteiger partial charge is 0.387 e. The van der Waals surface area contributed by atoms with Crippen LogP contribution in [0.15, 0.2) is 45.9 Å². The van der Waals surface area contributed by atoms with Gasteiger partial charge < -0.3 is 11.1 Å².